The van der Waals surface area contributed by atoms with Crippen molar-refractivity contribution in [3.63, 3.8) is 0 Å². The van der Waals surface area contributed by atoms with Crippen molar-refractivity contribution >= 4 is 17.4 Å². The van der Waals surface area contributed by atoms with Crippen molar-refractivity contribution in [2.45, 2.75) is 6.18 Å². The second-order valence-corrected chi connectivity index (χ2v) is 2.90. The number of ketones is 1. The third-order valence-electron chi connectivity index (χ3n) is 1.84. The maximum atomic E-state index is 12.1. The molecule has 3 N–H and O–H groups in total. The number of aromatic carboxylic acids is 1. The van der Waals surface area contributed by atoms with Gasteiger partial charge in [-0.2, -0.15) is 13.2 Å². The van der Waals surface area contributed by atoms with Gasteiger partial charge in [-0.3, -0.25) is 4.79 Å². The van der Waals surface area contributed by atoms with Crippen molar-refractivity contribution in [3.8, 4) is 0 Å². The molecule has 1 aromatic rings. The molecule has 0 saturated carbocycles. The lowest BCUT2D eigenvalue weighted by atomic mass is 10.0. The van der Waals surface area contributed by atoms with E-state index in [1.54, 1.807) is 0 Å². The number of carbonyl (C=O) groups excluding carboxylic acids is 1. The van der Waals surface area contributed by atoms with E-state index < -0.39 is 34.7 Å². The van der Waals surface area contributed by atoms with Gasteiger partial charge in [-0.25, -0.2) is 4.79 Å². The highest BCUT2D eigenvalue weighted by Gasteiger charge is 2.40. The largest absolute Gasteiger partial charge is 0.478 e. The summed E-state index contributed by atoms with van der Waals surface area (Å²) in [5, 5.41) is 8.60. The molecule has 0 aliphatic heterocycles. The van der Waals surface area contributed by atoms with E-state index in [1.807, 2.05) is 0 Å². The van der Waals surface area contributed by atoms with Crippen LogP contribution in [0.1, 0.15) is 20.7 Å². The second-order valence-electron chi connectivity index (χ2n) is 2.90. The summed E-state index contributed by atoms with van der Waals surface area (Å²) in [5.74, 6) is -3.65. The number of benzene rings is 1. The molecule has 0 fully saturated rings. The number of carboxylic acid groups (broad SMARTS) is 1. The van der Waals surface area contributed by atoms with Gasteiger partial charge in [0.25, 0.3) is 5.78 Å². The quantitative estimate of drug-likeness (QED) is 0.601. The number of carboxylic acids is 1. The Labute approximate surface area is 87.5 Å². The number of Topliss-reactive ketones (excluding diaryl/α,β-unsaturated/α-hetero) is 1. The molecule has 0 saturated heterocycles. The average Bonchev–Trinajstić information content (AvgIpc) is 2.15. The first-order valence-corrected chi connectivity index (χ1v) is 3.98. The van der Waals surface area contributed by atoms with Crippen LogP contribution in [0.3, 0.4) is 0 Å². The minimum atomic E-state index is -5.08. The highest BCUT2D eigenvalue weighted by molar-refractivity contribution is 6.08. The van der Waals surface area contributed by atoms with Crippen molar-refractivity contribution in [3.05, 3.63) is 29.3 Å². The number of rotatable bonds is 2. The molecular weight excluding hydrogens is 227 g/mol. The molecule has 86 valence electrons. The Balaban J connectivity index is 3.32. The minimum absolute atomic E-state index is 0.532. The van der Waals surface area contributed by atoms with Gasteiger partial charge >= 0.3 is 12.1 Å². The van der Waals surface area contributed by atoms with Gasteiger partial charge in [-0.05, 0) is 12.1 Å². The molecule has 1 aromatic carbocycles. The van der Waals surface area contributed by atoms with Gasteiger partial charge in [-0.1, -0.05) is 6.07 Å². The van der Waals surface area contributed by atoms with Crippen LogP contribution in [0.5, 0.6) is 0 Å². The second kappa shape index (κ2) is 3.84. The minimum Gasteiger partial charge on any atom is -0.478 e. The Bertz CT molecular complexity index is 454. The molecule has 0 aromatic heterocycles. The van der Waals surface area contributed by atoms with Crippen LogP contribution in [-0.2, 0) is 0 Å². The summed E-state index contributed by atoms with van der Waals surface area (Å²) < 4.78 is 36.3. The number of carbonyl (C=O) groups is 2. The Morgan fingerprint density at radius 2 is 1.69 bits per heavy atom. The third kappa shape index (κ3) is 2.13. The topological polar surface area (TPSA) is 80.4 Å². The summed E-state index contributed by atoms with van der Waals surface area (Å²) in [6, 6.07) is 2.88. The number of hydrogen-bond acceptors (Lipinski definition) is 3. The van der Waals surface area contributed by atoms with Gasteiger partial charge in [0, 0.05) is 0 Å². The lowest BCUT2D eigenvalue weighted by molar-refractivity contribution is -0.0884. The Kier molecular flexibility index (Phi) is 2.88. The summed E-state index contributed by atoms with van der Waals surface area (Å²) in [6.07, 6.45) is -5.08. The van der Waals surface area contributed by atoms with Crippen LogP contribution in [-0.4, -0.2) is 23.0 Å². The molecule has 0 aliphatic rings. The van der Waals surface area contributed by atoms with Crippen LogP contribution in [0.4, 0.5) is 18.9 Å². The molecule has 0 unspecified atom stereocenters. The predicted octanol–water partition coefficient (Wildman–Crippen LogP) is 1.71. The van der Waals surface area contributed by atoms with Gasteiger partial charge in [0.15, 0.2) is 0 Å². The van der Waals surface area contributed by atoms with Crippen LogP contribution in [0.2, 0.25) is 0 Å². The highest BCUT2D eigenvalue weighted by atomic mass is 19.4. The van der Waals surface area contributed by atoms with Crippen molar-refractivity contribution < 1.29 is 27.9 Å². The maximum Gasteiger partial charge on any atom is 0.454 e. The monoisotopic (exact) mass is 233 g/mol. The molecule has 0 bridgehead atoms. The Hall–Kier alpha value is -2.05. The Morgan fingerprint density at radius 3 is 2.12 bits per heavy atom. The molecule has 0 atom stereocenters. The van der Waals surface area contributed by atoms with Gasteiger partial charge in [0.2, 0.25) is 0 Å². The number of halogens is 3. The fraction of sp³-hybridized carbons (Fsp3) is 0.111. The lowest BCUT2D eigenvalue weighted by Crippen LogP contribution is -2.24. The van der Waals surface area contributed by atoms with Gasteiger partial charge in [-0.15, -0.1) is 0 Å². The Morgan fingerprint density at radius 1 is 1.19 bits per heavy atom. The zero-order valence-corrected chi connectivity index (χ0v) is 7.71. The summed E-state index contributed by atoms with van der Waals surface area (Å²) in [5.41, 5.74) is 3.11. The first-order valence-electron chi connectivity index (χ1n) is 3.98. The van der Waals surface area contributed by atoms with Crippen LogP contribution < -0.4 is 5.73 Å². The van der Waals surface area contributed by atoms with Crippen molar-refractivity contribution in [2.75, 3.05) is 5.73 Å². The molecule has 0 spiro atoms. The van der Waals surface area contributed by atoms with E-state index >= 15 is 0 Å². The average molecular weight is 233 g/mol. The first-order chi connectivity index (χ1) is 7.25. The van der Waals surface area contributed by atoms with Crippen molar-refractivity contribution in [1.29, 1.82) is 0 Å². The summed E-state index contributed by atoms with van der Waals surface area (Å²) in [4.78, 5) is 21.4. The number of alkyl halides is 3. The van der Waals surface area contributed by atoms with Gasteiger partial charge in [0.1, 0.15) is 0 Å². The van der Waals surface area contributed by atoms with Crippen LogP contribution in [0.15, 0.2) is 18.2 Å². The lowest BCUT2D eigenvalue weighted by Gasteiger charge is -2.09. The number of nitrogens with two attached hydrogens (primary N) is 1. The summed E-state index contributed by atoms with van der Waals surface area (Å²) in [6.45, 7) is 0. The van der Waals surface area contributed by atoms with E-state index in [4.69, 9.17) is 10.8 Å². The van der Waals surface area contributed by atoms with E-state index in [2.05, 4.69) is 0 Å². The van der Waals surface area contributed by atoms with Crippen LogP contribution in [0.25, 0.3) is 0 Å². The number of anilines is 1. The van der Waals surface area contributed by atoms with Gasteiger partial charge < -0.3 is 10.8 Å². The van der Waals surface area contributed by atoms with E-state index in [9.17, 15) is 22.8 Å². The molecule has 0 amide bonds. The highest BCUT2D eigenvalue weighted by Crippen LogP contribution is 2.26. The molecule has 16 heavy (non-hydrogen) atoms. The number of nitrogen functional groups attached to an aromatic ring is 1. The zero-order chi connectivity index (χ0) is 12.5. The van der Waals surface area contributed by atoms with Crippen LogP contribution in [0, 0.1) is 0 Å². The number of hydrogen-bond donors (Lipinski definition) is 2. The first kappa shape index (κ1) is 12.0. The molecule has 0 heterocycles. The molecule has 7 heteroatoms. The standard InChI is InChI=1S/C9H6F3NO3/c10-9(11,12)7(14)4-2-1-3-5(6(4)13)8(15)16/h1-3H,13H2,(H,15,16). The summed E-state index contributed by atoms with van der Waals surface area (Å²) >= 11 is 0. The molecule has 0 radical (unpaired) electrons. The predicted molar refractivity (Wildman–Crippen MR) is 48.2 cm³/mol. The smallest absolute Gasteiger partial charge is 0.454 e. The number of para-hydroxylation sites is 1. The molecular formula is C9H6F3NO3. The summed E-state index contributed by atoms with van der Waals surface area (Å²) in [7, 11) is 0. The zero-order valence-electron chi connectivity index (χ0n) is 7.71. The maximum absolute atomic E-state index is 12.1. The molecule has 0 aliphatic carbocycles. The SMILES string of the molecule is Nc1c(C(=O)O)cccc1C(=O)C(F)(F)F. The third-order valence-corrected chi connectivity index (χ3v) is 1.84. The van der Waals surface area contributed by atoms with E-state index in [0.29, 0.717) is 0 Å². The van der Waals surface area contributed by atoms with Crippen LogP contribution >= 0.6 is 0 Å². The molecule has 1 rings (SSSR count). The van der Waals surface area contributed by atoms with Crippen molar-refractivity contribution in [1.82, 2.24) is 0 Å². The molecule has 4 nitrogen and oxygen atoms in total. The van der Waals surface area contributed by atoms with E-state index in [0.717, 1.165) is 18.2 Å². The normalized spacial score (nSPS) is 11.2. The fourth-order valence-electron chi connectivity index (χ4n) is 1.10. The fourth-order valence-corrected chi connectivity index (χ4v) is 1.10. The van der Waals surface area contributed by atoms with Crippen molar-refractivity contribution in [2.24, 2.45) is 0 Å². The van der Waals surface area contributed by atoms with E-state index in [-0.39, 0.29) is 0 Å². The van der Waals surface area contributed by atoms with E-state index in [1.165, 1.54) is 0 Å². The van der Waals surface area contributed by atoms with Gasteiger partial charge in [0.05, 0.1) is 16.8 Å².